The fourth-order valence-electron chi connectivity index (χ4n) is 3.82. The molecule has 3 unspecified atom stereocenters. The number of fused-ring (bicyclic) bond motifs is 2. The van der Waals surface area contributed by atoms with Crippen LogP contribution < -0.4 is 15.4 Å². The van der Waals surface area contributed by atoms with E-state index in [2.05, 4.69) is 10.6 Å². The summed E-state index contributed by atoms with van der Waals surface area (Å²) in [4.78, 5) is 13.5. The monoisotopic (exact) mass is 445 g/mol. The van der Waals surface area contributed by atoms with Gasteiger partial charge in [0, 0.05) is 28.6 Å². The zero-order valence-corrected chi connectivity index (χ0v) is 16.6. The van der Waals surface area contributed by atoms with Gasteiger partial charge >= 0.3 is 15.5 Å². The maximum atomic E-state index is 12.7. The van der Waals surface area contributed by atoms with E-state index >= 15 is 0 Å². The lowest BCUT2D eigenvalue weighted by Gasteiger charge is -2.21. The number of thiophene rings is 1. The van der Waals surface area contributed by atoms with Crippen LogP contribution in [-0.2, 0) is 10.0 Å². The second kappa shape index (κ2) is 7.29. The first kappa shape index (κ1) is 20.2. The molecule has 0 aliphatic carbocycles. The predicted octanol–water partition coefficient (Wildman–Crippen LogP) is 3.30. The third-order valence-electron chi connectivity index (χ3n) is 5.19. The van der Waals surface area contributed by atoms with Gasteiger partial charge in [-0.05, 0) is 37.5 Å². The highest BCUT2D eigenvalue weighted by molar-refractivity contribution is 7.93. The topological polar surface area (TPSA) is 87.3 Å². The van der Waals surface area contributed by atoms with E-state index in [0.29, 0.717) is 15.8 Å². The van der Waals surface area contributed by atoms with Crippen LogP contribution in [0.3, 0.4) is 0 Å². The van der Waals surface area contributed by atoms with E-state index in [1.54, 1.807) is 22.9 Å². The molecular weight excluding hydrogens is 427 g/mol. The number of carbonyl (C=O) groups excluding carboxylic acids is 1. The van der Waals surface area contributed by atoms with Gasteiger partial charge in [0.2, 0.25) is 0 Å². The lowest BCUT2D eigenvalue weighted by Crippen LogP contribution is -2.42. The molecule has 2 saturated heterocycles. The van der Waals surface area contributed by atoms with Gasteiger partial charge in [-0.25, -0.2) is 0 Å². The number of para-hydroxylation sites is 1. The van der Waals surface area contributed by atoms with E-state index in [-0.39, 0.29) is 29.2 Å². The van der Waals surface area contributed by atoms with Crippen molar-refractivity contribution >= 4 is 33.0 Å². The van der Waals surface area contributed by atoms with Crippen molar-refractivity contribution in [2.45, 2.75) is 42.9 Å². The number of amides is 1. The fourth-order valence-corrected chi connectivity index (χ4v) is 5.35. The van der Waals surface area contributed by atoms with Crippen LogP contribution in [0, 0.1) is 0 Å². The highest BCUT2D eigenvalue weighted by Crippen LogP contribution is 2.36. The van der Waals surface area contributed by atoms with E-state index in [1.165, 1.54) is 18.2 Å². The van der Waals surface area contributed by atoms with Gasteiger partial charge in [-0.1, -0.05) is 18.2 Å². The van der Waals surface area contributed by atoms with Crippen molar-refractivity contribution < 1.29 is 26.4 Å². The molecule has 2 aliphatic heterocycles. The highest BCUT2D eigenvalue weighted by Gasteiger charge is 2.46. The molecule has 0 spiro atoms. The molecule has 156 valence electrons. The van der Waals surface area contributed by atoms with Crippen LogP contribution >= 0.6 is 11.3 Å². The van der Waals surface area contributed by atoms with Crippen molar-refractivity contribution in [1.29, 1.82) is 0 Å². The Morgan fingerprint density at radius 2 is 1.90 bits per heavy atom. The first-order valence-electron chi connectivity index (χ1n) is 8.99. The molecule has 4 rings (SSSR count). The van der Waals surface area contributed by atoms with Crippen molar-refractivity contribution in [3.05, 3.63) is 41.3 Å². The van der Waals surface area contributed by atoms with Gasteiger partial charge < -0.3 is 10.6 Å². The molecule has 2 aromatic rings. The molecule has 3 N–H and O–H groups in total. The van der Waals surface area contributed by atoms with E-state index in [1.807, 2.05) is 0 Å². The van der Waals surface area contributed by atoms with Crippen LogP contribution in [-0.4, -0.2) is 38.0 Å². The molecule has 1 aromatic carbocycles. The number of halogens is 3. The van der Waals surface area contributed by atoms with Gasteiger partial charge in [0.1, 0.15) is 0 Å². The Morgan fingerprint density at radius 3 is 2.55 bits per heavy atom. The third kappa shape index (κ3) is 3.99. The molecule has 2 bridgehead atoms. The van der Waals surface area contributed by atoms with Gasteiger partial charge in [0.05, 0.1) is 10.6 Å². The van der Waals surface area contributed by atoms with Crippen molar-refractivity contribution in [3.8, 4) is 10.4 Å². The average molecular weight is 445 g/mol. The first-order valence-corrected chi connectivity index (χ1v) is 11.3. The Hall–Kier alpha value is -2.11. The van der Waals surface area contributed by atoms with E-state index < -0.39 is 15.5 Å². The molecule has 2 aliphatic rings. The lowest BCUT2D eigenvalue weighted by molar-refractivity contribution is -0.0429. The minimum absolute atomic E-state index is 0.0673. The largest absolute Gasteiger partial charge is 0.516 e. The fraction of sp³-hybridized carbons (Fsp3) is 0.389. The Morgan fingerprint density at radius 1 is 1.14 bits per heavy atom. The maximum absolute atomic E-state index is 12.7. The van der Waals surface area contributed by atoms with E-state index in [4.69, 9.17) is 0 Å². The molecule has 6 nitrogen and oxygen atoms in total. The molecule has 29 heavy (non-hydrogen) atoms. The molecule has 0 radical (unpaired) electrons. The summed E-state index contributed by atoms with van der Waals surface area (Å²) in [6.45, 7) is 0. The number of nitrogens with one attached hydrogen (secondary N) is 3. The summed E-state index contributed by atoms with van der Waals surface area (Å²) in [6.07, 6.45) is 3.03. The van der Waals surface area contributed by atoms with Gasteiger partial charge in [0.25, 0.3) is 5.91 Å². The minimum atomic E-state index is -5.54. The van der Waals surface area contributed by atoms with Crippen molar-refractivity contribution in [2.24, 2.45) is 0 Å². The third-order valence-corrected chi connectivity index (χ3v) is 7.40. The van der Waals surface area contributed by atoms with E-state index in [0.717, 1.165) is 30.6 Å². The summed E-state index contributed by atoms with van der Waals surface area (Å²) in [6, 6.07) is 9.74. The average Bonchev–Trinajstić information content (AvgIpc) is 3.37. The number of hydrogen-bond acceptors (Lipinski definition) is 5. The second-order valence-corrected chi connectivity index (χ2v) is 9.88. The van der Waals surface area contributed by atoms with Crippen molar-refractivity contribution in [2.75, 3.05) is 4.72 Å². The number of sulfonamides is 1. The number of carbonyl (C=O) groups is 1. The standard InChI is InChI=1S/C18H18F3N3O3S2/c19-18(20,21)29(26,27)24-12-4-2-1-3-11(12)15-7-8-16(28-15)17(25)23-14-9-10-5-6-13(14)22-10/h1-4,7-8,10,13-14,22,24H,5-6,9H2,(H,23,25). The summed E-state index contributed by atoms with van der Waals surface area (Å²) in [7, 11) is -5.54. The summed E-state index contributed by atoms with van der Waals surface area (Å²) in [5.41, 5.74) is -5.35. The zero-order valence-electron chi connectivity index (χ0n) is 15.0. The van der Waals surface area contributed by atoms with Crippen LogP contribution in [0.15, 0.2) is 36.4 Å². The molecule has 3 heterocycles. The molecule has 1 amide bonds. The van der Waals surface area contributed by atoms with Gasteiger partial charge in [0.15, 0.2) is 0 Å². The first-order chi connectivity index (χ1) is 13.6. The maximum Gasteiger partial charge on any atom is 0.516 e. The van der Waals surface area contributed by atoms with Crippen LogP contribution in [0.4, 0.5) is 18.9 Å². The summed E-state index contributed by atoms with van der Waals surface area (Å²) >= 11 is 1.10. The predicted molar refractivity (Wildman–Crippen MR) is 104 cm³/mol. The summed E-state index contributed by atoms with van der Waals surface area (Å²) in [5.74, 6) is -0.242. The zero-order chi connectivity index (χ0) is 20.8. The van der Waals surface area contributed by atoms with Gasteiger partial charge in [-0.3, -0.25) is 9.52 Å². The summed E-state index contributed by atoms with van der Waals surface area (Å²) < 4.78 is 62.7. The molecule has 1 aromatic heterocycles. The number of benzene rings is 1. The van der Waals surface area contributed by atoms with Gasteiger partial charge in [-0.2, -0.15) is 21.6 Å². The molecular formula is C18H18F3N3O3S2. The van der Waals surface area contributed by atoms with Crippen molar-refractivity contribution in [1.82, 2.24) is 10.6 Å². The number of hydrogen-bond donors (Lipinski definition) is 3. The Balaban J connectivity index is 1.53. The van der Waals surface area contributed by atoms with Gasteiger partial charge in [-0.15, -0.1) is 11.3 Å². The van der Waals surface area contributed by atoms with Crippen molar-refractivity contribution in [3.63, 3.8) is 0 Å². The quantitative estimate of drug-likeness (QED) is 0.659. The smallest absolute Gasteiger partial charge is 0.347 e. The van der Waals surface area contributed by atoms with Crippen LogP contribution in [0.25, 0.3) is 10.4 Å². The Kier molecular flexibility index (Phi) is 5.07. The summed E-state index contributed by atoms with van der Waals surface area (Å²) in [5, 5.41) is 6.45. The lowest BCUT2D eigenvalue weighted by atomic mass is 9.95. The molecule has 0 saturated carbocycles. The highest BCUT2D eigenvalue weighted by atomic mass is 32.2. The minimum Gasteiger partial charge on any atom is -0.347 e. The SMILES string of the molecule is O=C(NC1CC2CCC1N2)c1ccc(-c2ccccc2NS(=O)(=O)C(F)(F)F)s1. The van der Waals surface area contributed by atoms with Crippen LogP contribution in [0.5, 0.6) is 0 Å². The Labute approximate surface area is 169 Å². The number of alkyl halides is 3. The van der Waals surface area contributed by atoms with E-state index in [9.17, 15) is 26.4 Å². The number of anilines is 1. The van der Waals surface area contributed by atoms with Crippen LogP contribution in [0.1, 0.15) is 28.9 Å². The molecule has 3 atom stereocenters. The second-order valence-electron chi connectivity index (χ2n) is 7.12. The van der Waals surface area contributed by atoms with Crippen LogP contribution in [0.2, 0.25) is 0 Å². The molecule has 11 heteroatoms. The normalized spacial score (nSPS) is 23.9. The Bertz CT molecular complexity index is 1040. The molecule has 2 fully saturated rings. The number of rotatable bonds is 5.